The molecule has 12 heteroatoms. The molecule has 144 valence electrons. The van der Waals surface area contributed by atoms with Gasteiger partial charge in [-0.25, -0.2) is 19.7 Å². The van der Waals surface area contributed by atoms with E-state index < -0.39 is 13.6 Å². The Labute approximate surface area is 184 Å². The van der Waals surface area contributed by atoms with E-state index >= 15 is 0 Å². The molecule has 0 spiro atoms. The minimum absolute atomic E-state index is 0.147. The molecule has 0 bridgehead atoms. The van der Waals surface area contributed by atoms with Gasteiger partial charge in [-0.2, -0.15) is 0 Å². The van der Waals surface area contributed by atoms with Gasteiger partial charge < -0.3 is 4.84 Å². The molecule has 1 aromatic heterocycles. The Balaban J connectivity index is 2.46. The van der Waals surface area contributed by atoms with Crippen LogP contribution in [0.25, 0.3) is 11.4 Å². The lowest BCUT2D eigenvalue weighted by molar-refractivity contribution is -0.140. The second-order valence-corrected chi connectivity index (χ2v) is 9.70. The van der Waals surface area contributed by atoms with Crippen LogP contribution in [0.15, 0.2) is 29.4 Å². The molecule has 0 radical (unpaired) electrons. The summed E-state index contributed by atoms with van der Waals surface area (Å²) in [6, 6.07) is 6.79. The zero-order chi connectivity index (χ0) is 20.4. The maximum atomic E-state index is 10.8. The van der Waals surface area contributed by atoms with Gasteiger partial charge in [-0.3, -0.25) is 0 Å². The van der Waals surface area contributed by atoms with Crippen LogP contribution < -0.4 is 0 Å². The normalized spacial score (nSPS) is 12.8. The number of alkyl halides is 6. The number of halogens is 6. The fourth-order valence-electron chi connectivity index (χ4n) is 1.80. The number of oxime groups is 1. The summed E-state index contributed by atoms with van der Waals surface area (Å²) in [6.07, 6.45) is 0. The number of aromatic nitrogens is 3. The topological polar surface area (TPSA) is 77.3 Å². The van der Waals surface area contributed by atoms with Gasteiger partial charge in [0.1, 0.15) is 0 Å². The monoisotopic (exact) mass is 488 g/mol. The molecule has 27 heavy (non-hydrogen) atoms. The van der Waals surface area contributed by atoms with Crippen molar-refractivity contribution < 1.29 is 9.63 Å². The molecule has 0 unspecified atom stereocenters. The summed E-state index contributed by atoms with van der Waals surface area (Å²) in [5, 5.41) is 3.71. The van der Waals surface area contributed by atoms with Gasteiger partial charge in [0.25, 0.3) is 0 Å². The van der Waals surface area contributed by atoms with E-state index in [9.17, 15) is 4.79 Å². The molecule has 0 N–H and O–H groups in total. The lowest BCUT2D eigenvalue weighted by Gasteiger charge is -2.15. The summed E-state index contributed by atoms with van der Waals surface area (Å²) >= 11 is 35.2. The fraction of sp³-hybridized carbons (Fsp3) is 0.267. The third-order valence-corrected chi connectivity index (χ3v) is 4.03. The highest BCUT2D eigenvalue weighted by Gasteiger charge is 2.34. The first-order valence-corrected chi connectivity index (χ1v) is 9.38. The van der Waals surface area contributed by atoms with E-state index in [1.165, 1.54) is 6.92 Å². The van der Waals surface area contributed by atoms with Gasteiger partial charge in [0.15, 0.2) is 17.5 Å². The third kappa shape index (κ3) is 6.31. The van der Waals surface area contributed by atoms with Crippen molar-refractivity contribution in [2.45, 2.75) is 21.4 Å². The molecule has 0 aliphatic rings. The second-order valence-electron chi connectivity index (χ2n) is 5.14. The van der Waals surface area contributed by atoms with Crippen LogP contribution >= 0.6 is 69.6 Å². The van der Waals surface area contributed by atoms with Crippen molar-refractivity contribution in [3.8, 4) is 11.4 Å². The van der Waals surface area contributed by atoms with Gasteiger partial charge in [-0.1, -0.05) is 99.0 Å². The summed E-state index contributed by atoms with van der Waals surface area (Å²) in [5.74, 6) is -0.741. The zero-order valence-corrected chi connectivity index (χ0v) is 18.2. The van der Waals surface area contributed by atoms with Crippen molar-refractivity contribution >= 4 is 81.3 Å². The number of carbonyl (C=O) groups is 1. The Kier molecular flexibility index (Phi) is 7.17. The van der Waals surface area contributed by atoms with Crippen molar-refractivity contribution in [2.75, 3.05) is 0 Å². The van der Waals surface area contributed by atoms with Crippen LogP contribution in [0.2, 0.25) is 0 Å². The number of hydrogen-bond donors (Lipinski definition) is 0. The van der Waals surface area contributed by atoms with Crippen LogP contribution in [-0.2, 0) is 17.2 Å². The molecule has 0 aliphatic carbocycles. The first-order valence-electron chi connectivity index (χ1n) is 7.11. The highest BCUT2D eigenvalue weighted by atomic mass is 35.6. The Morgan fingerprint density at radius 2 is 1.37 bits per heavy atom. The molecule has 0 fully saturated rings. The molecule has 2 rings (SSSR count). The van der Waals surface area contributed by atoms with E-state index in [2.05, 4.69) is 24.9 Å². The predicted molar refractivity (Wildman–Crippen MR) is 108 cm³/mol. The highest BCUT2D eigenvalue weighted by molar-refractivity contribution is 6.67. The van der Waals surface area contributed by atoms with Gasteiger partial charge in [-0.05, 0) is 12.5 Å². The van der Waals surface area contributed by atoms with Crippen LogP contribution in [0.5, 0.6) is 0 Å². The molecule has 1 heterocycles. The summed E-state index contributed by atoms with van der Waals surface area (Å²) < 4.78 is -3.87. The number of carbonyl (C=O) groups excluding carboxylic acids is 1. The van der Waals surface area contributed by atoms with E-state index in [1.54, 1.807) is 31.2 Å². The molecule has 1 aromatic carbocycles. The SMILES string of the molecule is CC(=O)O/N=C(\C)c1ccc(-c2nc(C(Cl)(Cl)Cl)nc(C(Cl)(Cl)Cl)n2)cc1. The maximum Gasteiger partial charge on any atom is 0.331 e. The number of nitrogens with zero attached hydrogens (tertiary/aromatic N) is 4. The van der Waals surface area contributed by atoms with Gasteiger partial charge in [0, 0.05) is 12.5 Å². The molecule has 0 saturated carbocycles. The van der Waals surface area contributed by atoms with Crippen molar-refractivity contribution in [2.24, 2.45) is 5.16 Å². The molecule has 0 atom stereocenters. The van der Waals surface area contributed by atoms with E-state index in [4.69, 9.17) is 69.6 Å². The summed E-state index contributed by atoms with van der Waals surface area (Å²) in [5.41, 5.74) is 1.75. The number of rotatable bonds is 3. The first-order chi connectivity index (χ1) is 12.4. The smallest absolute Gasteiger partial charge is 0.318 e. The number of benzene rings is 1. The van der Waals surface area contributed by atoms with E-state index in [1.807, 2.05) is 0 Å². The summed E-state index contributed by atoms with van der Waals surface area (Å²) in [6.45, 7) is 2.94. The van der Waals surface area contributed by atoms with Crippen molar-refractivity contribution in [3.63, 3.8) is 0 Å². The Morgan fingerprint density at radius 3 is 1.78 bits per heavy atom. The average molecular weight is 491 g/mol. The average Bonchev–Trinajstić information content (AvgIpc) is 2.58. The van der Waals surface area contributed by atoms with E-state index in [0.29, 0.717) is 16.8 Å². The van der Waals surface area contributed by atoms with Crippen LogP contribution in [0.4, 0.5) is 0 Å². The van der Waals surface area contributed by atoms with Crippen molar-refractivity contribution in [3.05, 3.63) is 41.5 Å². The van der Waals surface area contributed by atoms with Crippen LogP contribution in [-0.4, -0.2) is 26.6 Å². The van der Waals surface area contributed by atoms with Crippen LogP contribution in [0.1, 0.15) is 31.1 Å². The highest BCUT2D eigenvalue weighted by Crippen LogP contribution is 2.40. The Bertz CT molecular complexity index is 843. The molecule has 2 aromatic rings. The lowest BCUT2D eigenvalue weighted by Crippen LogP contribution is -2.16. The van der Waals surface area contributed by atoms with Gasteiger partial charge in [-0.15, -0.1) is 0 Å². The summed E-state index contributed by atoms with van der Waals surface area (Å²) in [7, 11) is 0. The minimum atomic E-state index is -1.93. The second kappa shape index (κ2) is 8.64. The van der Waals surface area contributed by atoms with E-state index in [0.717, 1.165) is 0 Å². The maximum absolute atomic E-state index is 10.8. The van der Waals surface area contributed by atoms with Crippen LogP contribution in [0, 0.1) is 0 Å². The predicted octanol–water partition coefficient (Wildman–Crippen LogP) is 5.48. The lowest BCUT2D eigenvalue weighted by atomic mass is 10.1. The molecular formula is C15H10Cl6N4O2. The van der Waals surface area contributed by atoms with Gasteiger partial charge >= 0.3 is 5.97 Å². The standard InChI is InChI=1S/C15H10Cl6N4O2/c1-7(25-27-8(2)26)9-3-5-10(6-4-9)11-22-12(14(16,17)18)24-13(23-11)15(19,20)21/h3-6H,1-2H3/b25-7+. The van der Waals surface area contributed by atoms with Gasteiger partial charge in [0.05, 0.1) is 5.71 Å². The third-order valence-electron chi connectivity index (χ3n) is 3.01. The zero-order valence-electron chi connectivity index (χ0n) is 13.7. The molecular weight excluding hydrogens is 481 g/mol. The quantitative estimate of drug-likeness (QED) is 0.246. The minimum Gasteiger partial charge on any atom is -0.318 e. The molecule has 0 saturated heterocycles. The Hall–Kier alpha value is -0.890. The van der Waals surface area contributed by atoms with Gasteiger partial charge in [0.2, 0.25) is 7.59 Å². The first kappa shape index (κ1) is 22.4. The summed E-state index contributed by atoms with van der Waals surface area (Å²) in [4.78, 5) is 27.6. The number of hydrogen-bond acceptors (Lipinski definition) is 6. The fourth-order valence-corrected chi connectivity index (χ4v) is 2.31. The van der Waals surface area contributed by atoms with Crippen molar-refractivity contribution in [1.82, 2.24) is 15.0 Å². The van der Waals surface area contributed by atoms with Crippen LogP contribution in [0.3, 0.4) is 0 Å². The van der Waals surface area contributed by atoms with Crippen molar-refractivity contribution in [1.29, 1.82) is 0 Å². The Morgan fingerprint density at radius 1 is 0.889 bits per heavy atom. The van der Waals surface area contributed by atoms with E-state index in [-0.39, 0.29) is 17.5 Å². The largest absolute Gasteiger partial charge is 0.331 e. The molecule has 6 nitrogen and oxygen atoms in total. The molecule has 0 amide bonds. The molecule has 0 aliphatic heterocycles.